The van der Waals surface area contributed by atoms with Crippen LogP contribution in [-0.4, -0.2) is 7.11 Å². The Morgan fingerprint density at radius 3 is 3.00 bits per heavy atom. The number of allylic oxidation sites excluding steroid dienone is 2. The third-order valence-corrected chi connectivity index (χ3v) is 0.774. The van der Waals surface area contributed by atoms with E-state index in [1.165, 1.54) is 6.26 Å². The molecule has 0 unspecified atom stereocenters. The molecule has 0 aromatic carbocycles. The van der Waals surface area contributed by atoms with Crippen LogP contribution < -0.4 is 5.48 Å². The lowest BCUT2D eigenvalue weighted by Gasteiger charge is -2.08. The van der Waals surface area contributed by atoms with Crippen molar-refractivity contribution in [3.63, 3.8) is 0 Å². The van der Waals surface area contributed by atoms with E-state index in [0.29, 0.717) is 5.88 Å². The lowest BCUT2D eigenvalue weighted by molar-refractivity contribution is 0.0903. The summed E-state index contributed by atoms with van der Waals surface area (Å²) in [4.78, 5) is 4.65. The molecule has 0 aliphatic carbocycles. The van der Waals surface area contributed by atoms with Crippen molar-refractivity contribution in [2.24, 2.45) is 0 Å². The van der Waals surface area contributed by atoms with Crippen LogP contribution in [0.4, 0.5) is 0 Å². The Hall–Kier alpha value is -1.12. The van der Waals surface area contributed by atoms with Crippen molar-refractivity contribution < 1.29 is 9.57 Å². The van der Waals surface area contributed by atoms with Crippen molar-refractivity contribution in [3.05, 3.63) is 24.3 Å². The molecule has 8 heavy (non-hydrogen) atoms. The van der Waals surface area contributed by atoms with E-state index >= 15 is 0 Å². The van der Waals surface area contributed by atoms with E-state index in [4.69, 9.17) is 4.74 Å². The SMILES string of the molecule is COC1=CC=CON1. The van der Waals surface area contributed by atoms with E-state index in [-0.39, 0.29) is 0 Å². The Bertz CT molecular complexity index is 128. The van der Waals surface area contributed by atoms with Crippen LogP contribution in [0.5, 0.6) is 0 Å². The molecule has 0 fully saturated rings. The zero-order valence-corrected chi connectivity index (χ0v) is 4.55. The molecule has 0 aromatic heterocycles. The molecular formula is C5H7NO2. The largest absolute Gasteiger partial charge is 0.481 e. The highest BCUT2D eigenvalue weighted by Gasteiger charge is 1.93. The maximum Gasteiger partial charge on any atom is 0.220 e. The Labute approximate surface area is 47.5 Å². The summed E-state index contributed by atoms with van der Waals surface area (Å²) in [5, 5.41) is 0. The van der Waals surface area contributed by atoms with Crippen LogP contribution in [0, 0.1) is 0 Å². The number of nitrogens with one attached hydrogen (secondary N) is 1. The van der Waals surface area contributed by atoms with E-state index in [2.05, 4.69) is 10.3 Å². The Balaban J connectivity index is 2.50. The molecule has 0 atom stereocenters. The molecule has 0 saturated heterocycles. The van der Waals surface area contributed by atoms with Crippen molar-refractivity contribution >= 4 is 0 Å². The molecule has 1 aliphatic rings. The average molecular weight is 113 g/mol. The van der Waals surface area contributed by atoms with Gasteiger partial charge >= 0.3 is 0 Å². The van der Waals surface area contributed by atoms with E-state index in [1.807, 2.05) is 0 Å². The minimum absolute atomic E-state index is 0.618. The number of ether oxygens (including phenoxy) is 1. The predicted octanol–water partition coefficient (Wildman–Crippen LogP) is 0.523. The van der Waals surface area contributed by atoms with Crippen molar-refractivity contribution in [1.29, 1.82) is 0 Å². The molecule has 0 spiro atoms. The van der Waals surface area contributed by atoms with Crippen LogP contribution in [0.1, 0.15) is 0 Å². The molecule has 1 aliphatic heterocycles. The summed E-state index contributed by atoms with van der Waals surface area (Å²) in [5.74, 6) is 0.618. The third-order valence-electron chi connectivity index (χ3n) is 0.774. The van der Waals surface area contributed by atoms with Crippen LogP contribution >= 0.6 is 0 Å². The molecular weight excluding hydrogens is 106 g/mol. The van der Waals surface area contributed by atoms with Gasteiger partial charge in [-0.3, -0.25) is 0 Å². The molecule has 0 saturated carbocycles. The van der Waals surface area contributed by atoms with Crippen molar-refractivity contribution in [2.75, 3.05) is 7.11 Å². The molecule has 0 amide bonds. The third kappa shape index (κ3) is 0.932. The molecule has 0 radical (unpaired) electrons. The number of rotatable bonds is 1. The highest BCUT2D eigenvalue weighted by molar-refractivity contribution is 5.05. The van der Waals surface area contributed by atoms with Crippen LogP contribution in [0.3, 0.4) is 0 Å². The minimum Gasteiger partial charge on any atom is -0.481 e. The summed E-state index contributed by atoms with van der Waals surface area (Å²) >= 11 is 0. The summed E-state index contributed by atoms with van der Waals surface area (Å²) in [6.45, 7) is 0. The van der Waals surface area contributed by atoms with Crippen LogP contribution in [0.2, 0.25) is 0 Å². The maximum absolute atomic E-state index is 4.76. The van der Waals surface area contributed by atoms with E-state index < -0.39 is 0 Å². The normalized spacial score (nSPS) is 15.9. The average Bonchev–Trinajstić information content (AvgIpc) is 1.90. The molecule has 0 aromatic rings. The van der Waals surface area contributed by atoms with Crippen LogP contribution in [-0.2, 0) is 9.57 Å². The van der Waals surface area contributed by atoms with Crippen LogP contribution in [0.15, 0.2) is 24.3 Å². The van der Waals surface area contributed by atoms with Gasteiger partial charge in [-0.2, -0.15) is 5.48 Å². The Morgan fingerprint density at radius 1 is 1.75 bits per heavy atom. The Morgan fingerprint density at radius 2 is 2.62 bits per heavy atom. The topological polar surface area (TPSA) is 30.5 Å². The zero-order valence-electron chi connectivity index (χ0n) is 4.55. The van der Waals surface area contributed by atoms with Gasteiger partial charge in [-0.05, 0) is 6.08 Å². The zero-order chi connectivity index (χ0) is 5.82. The van der Waals surface area contributed by atoms with E-state index in [1.54, 1.807) is 19.3 Å². The summed E-state index contributed by atoms with van der Waals surface area (Å²) in [6.07, 6.45) is 5.04. The second kappa shape index (κ2) is 2.26. The van der Waals surface area contributed by atoms with Gasteiger partial charge in [0, 0.05) is 6.08 Å². The van der Waals surface area contributed by atoms with Gasteiger partial charge in [-0.15, -0.1) is 0 Å². The smallest absolute Gasteiger partial charge is 0.220 e. The first-order chi connectivity index (χ1) is 3.93. The number of hydroxylamine groups is 1. The van der Waals surface area contributed by atoms with Gasteiger partial charge in [-0.1, -0.05) is 0 Å². The summed E-state index contributed by atoms with van der Waals surface area (Å²) in [7, 11) is 1.57. The summed E-state index contributed by atoms with van der Waals surface area (Å²) in [5.41, 5.74) is 2.52. The molecule has 3 heteroatoms. The van der Waals surface area contributed by atoms with Gasteiger partial charge < -0.3 is 9.57 Å². The highest BCUT2D eigenvalue weighted by atomic mass is 16.7. The van der Waals surface area contributed by atoms with Gasteiger partial charge in [0.2, 0.25) is 5.88 Å². The summed E-state index contributed by atoms with van der Waals surface area (Å²) < 4.78 is 4.76. The van der Waals surface area contributed by atoms with Crippen molar-refractivity contribution in [1.82, 2.24) is 5.48 Å². The lowest BCUT2D eigenvalue weighted by atomic mass is 10.5. The van der Waals surface area contributed by atoms with Gasteiger partial charge in [0.1, 0.15) is 6.26 Å². The lowest BCUT2D eigenvalue weighted by Crippen LogP contribution is -2.13. The first-order valence-corrected chi connectivity index (χ1v) is 2.26. The first kappa shape index (κ1) is 5.03. The standard InChI is InChI=1S/C5H7NO2/c1-7-5-3-2-4-8-6-5/h2-4,6H,1H3. The van der Waals surface area contributed by atoms with Gasteiger partial charge in [0.25, 0.3) is 0 Å². The molecule has 3 nitrogen and oxygen atoms in total. The maximum atomic E-state index is 4.76. The Kier molecular flexibility index (Phi) is 1.42. The molecule has 1 N–H and O–H groups in total. The predicted molar refractivity (Wildman–Crippen MR) is 28.5 cm³/mol. The number of hydrogen-bond acceptors (Lipinski definition) is 3. The molecule has 1 heterocycles. The fourth-order valence-corrected chi connectivity index (χ4v) is 0.402. The second-order valence-corrected chi connectivity index (χ2v) is 1.28. The molecule has 1 rings (SSSR count). The fourth-order valence-electron chi connectivity index (χ4n) is 0.402. The highest BCUT2D eigenvalue weighted by Crippen LogP contribution is 1.95. The van der Waals surface area contributed by atoms with E-state index in [9.17, 15) is 0 Å². The van der Waals surface area contributed by atoms with Crippen molar-refractivity contribution in [3.8, 4) is 0 Å². The second-order valence-electron chi connectivity index (χ2n) is 1.28. The minimum atomic E-state index is 0.618. The van der Waals surface area contributed by atoms with Gasteiger partial charge in [0.15, 0.2) is 0 Å². The number of methoxy groups -OCH3 is 1. The van der Waals surface area contributed by atoms with Gasteiger partial charge in [0.05, 0.1) is 7.11 Å². The fraction of sp³-hybridized carbons (Fsp3) is 0.200. The molecule has 44 valence electrons. The quantitative estimate of drug-likeness (QED) is 0.537. The van der Waals surface area contributed by atoms with Gasteiger partial charge in [-0.25, -0.2) is 0 Å². The van der Waals surface area contributed by atoms with Crippen molar-refractivity contribution in [2.45, 2.75) is 0 Å². The number of hydrogen-bond donors (Lipinski definition) is 1. The molecule has 0 bridgehead atoms. The summed E-state index contributed by atoms with van der Waals surface area (Å²) in [6, 6.07) is 0. The monoisotopic (exact) mass is 113 g/mol. The van der Waals surface area contributed by atoms with Crippen LogP contribution in [0.25, 0.3) is 0 Å². The first-order valence-electron chi connectivity index (χ1n) is 2.26. The van der Waals surface area contributed by atoms with E-state index in [0.717, 1.165) is 0 Å².